The van der Waals surface area contributed by atoms with Gasteiger partial charge in [0.25, 0.3) is 0 Å². The summed E-state index contributed by atoms with van der Waals surface area (Å²) in [5.74, 6) is 2.20. The van der Waals surface area contributed by atoms with Crippen LogP contribution >= 0.6 is 0 Å². The van der Waals surface area contributed by atoms with E-state index in [0.717, 1.165) is 54.9 Å². The minimum atomic E-state index is -0.824. The number of methoxy groups -OCH3 is 3. The first kappa shape index (κ1) is 21.7. The standard InChI is InChI=1S/C25H31NO5/c1-29-20-8-6-19(7-9-20)25(28)10-12-26(13-11-25)16-18-5-4-17-14-22(30-2)23(31-3)15-21(17)24(18)27/h6-9,14-15,18,28H,4-5,10-13,16H2,1-3H3. The number of ketones is 1. The second kappa shape index (κ2) is 8.89. The largest absolute Gasteiger partial charge is 0.497 e. The lowest BCUT2D eigenvalue weighted by molar-refractivity contribution is -0.0283. The maximum absolute atomic E-state index is 13.2. The Labute approximate surface area is 183 Å². The maximum atomic E-state index is 13.2. The van der Waals surface area contributed by atoms with Crippen molar-refractivity contribution in [2.75, 3.05) is 41.0 Å². The fourth-order valence-corrected chi connectivity index (χ4v) is 4.82. The van der Waals surface area contributed by atoms with Crippen LogP contribution in [0.5, 0.6) is 17.2 Å². The van der Waals surface area contributed by atoms with E-state index in [4.69, 9.17) is 14.2 Å². The second-order valence-electron chi connectivity index (χ2n) is 8.52. The minimum absolute atomic E-state index is 0.0298. The molecule has 1 fully saturated rings. The molecule has 1 unspecified atom stereocenters. The molecule has 1 N–H and O–H groups in total. The van der Waals surface area contributed by atoms with Crippen molar-refractivity contribution in [3.05, 3.63) is 53.1 Å². The van der Waals surface area contributed by atoms with E-state index in [1.54, 1.807) is 21.3 Å². The SMILES string of the molecule is COc1ccc(C2(O)CCN(CC3CCc4cc(OC)c(OC)cc4C3=O)CC2)cc1. The van der Waals surface area contributed by atoms with Crippen molar-refractivity contribution < 1.29 is 24.1 Å². The van der Waals surface area contributed by atoms with Crippen LogP contribution in [0.25, 0.3) is 0 Å². The van der Waals surface area contributed by atoms with Gasteiger partial charge in [0.2, 0.25) is 0 Å². The highest BCUT2D eigenvalue weighted by Gasteiger charge is 2.36. The first-order valence-electron chi connectivity index (χ1n) is 10.9. The van der Waals surface area contributed by atoms with Crippen molar-refractivity contribution >= 4 is 5.78 Å². The van der Waals surface area contributed by atoms with Crippen molar-refractivity contribution in [1.82, 2.24) is 4.90 Å². The molecule has 31 heavy (non-hydrogen) atoms. The van der Waals surface area contributed by atoms with Crippen LogP contribution in [0.3, 0.4) is 0 Å². The Hall–Kier alpha value is -2.57. The quantitative estimate of drug-likeness (QED) is 0.765. The van der Waals surface area contributed by atoms with E-state index >= 15 is 0 Å². The van der Waals surface area contributed by atoms with E-state index in [9.17, 15) is 9.90 Å². The molecular formula is C25H31NO5. The summed E-state index contributed by atoms with van der Waals surface area (Å²) >= 11 is 0. The van der Waals surface area contributed by atoms with Gasteiger partial charge in [-0.2, -0.15) is 0 Å². The average Bonchev–Trinajstić information content (AvgIpc) is 2.81. The zero-order valence-electron chi connectivity index (χ0n) is 18.5. The lowest BCUT2D eigenvalue weighted by Gasteiger charge is -2.40. The number of ether oxygens (including phenoxy) is 3. The molecule has 4 rings (SSSR count). The van der Waals surface area contributed by atoms with Crippen molar-refractivity contribution in [1.29, 1.82) is 0 Å². The topological polar surface area (TPSA) is 68.2 Å². The van der Waals surface area contributed by atoms with E-state index in [1.807, 2.05) is 36.4 Å². The van der Waals surface area contributed by atoms with Crippen LogP contribution in [-0.2, 0) is 12.0 Å². The van der Waals surface area contributed by atoms with Gasteiger partial charge in [-0.25, -0.2) is 0 Å². The summed E-state index contributed by atoms with van der Waals surface area (Å²) in [6.45, 7) is 2.27. The molecule has 1 saturated heterocycles. The molecule has 1 atom stereocenters. The van der Waals surface area contributed by atoms with Crippen LogP contribution in [-0.4, -0.2) is 56.8 Å². The average molecular weight is 426 g/mol. The van der Waals surface area contributed by atoms with Gasteiger partial charge in [-0.05, 0) is 61.1 Å². The Kier molecular flexibility index (Phi) is 6.21. The van der Waals surface area contributed by atoms with Crippen molar-refractivity contribution in [3.8, 4) is 17.2 Å². The Morgan fingerprint density at radius 1 is 1.00 bits per heavy atom. The van der Waals surface area contributed by atoms with Crippen LogP contribution in [0.15, 0.2) is 36.4 Å². The Balaban J connectivity index is 1.40. The van der Waals surface area contributed by atoms with Gasteiger partial charge in [-0.1, -0.05) is 12.1 Å². The lowest BCUT2D eigenvalue weighted by atomic mass is 9.80. The predicted molar refractivity (Wildman–Crippen MR) is 118 cm³/mol. The number of piperidine rings is 1. The molecule has 0 spiro atoms. The third-order valence-electron chi connectivity index (χ3n) is 6.80. The van der Waals surface area contributed by atoms with E-state index < -0.39 is 5.60 Å². The summed E-state index contributed by atoms with van der Waals surface area (Å²) in [7, 11) is 4.84. The summed E-state index contributed by atoms with van der Waals surface area (Å²) in [6.07, 6.45) is 3.00. The molecule has 0 aromatic heterocycles. The number of carbonyl (C=O) groups excluding carboxylic acids is 1. The number of benzene rings is 2. The minimum Gasteiger partial charge on any atom is -0.497 e. The van der Waals surface area contributed by atoms with E-state index in [0.29, 0.717) is 24.3 Å². The lowest BCUT2D eigenvalue weighted by Crippen LogP contribution is -2.45. The molecule has 0 amide bonds. The van der Waals surface area contributed by atoms with Gasteiger partial charge in [0.05, 0.1) is 26.9 Å². The van der Waals surface area contributed by atoms with E-state index in [1.165, 1.54) is 0 Å². The van der Waals surface area contributed by atoms with Gasteiger partial charge in [0, 0.05) is 31.1 Å². The first-order chi connectivity index (χ1) is 15.0. The Morgan fingerprint density at radius 2 is 1.65 bits per heavy atom. The van der Waals surface area contributed by atoms with E-state index in [2.05, 4.69) is 4.90 Å². The van der Waals surface area contributed by atoms with Gasteiger partial charge in [0.1, 0.15) is 5.75 Å². The fraction of sp³-hybridized carbons (Fsp3) is 0.480. The number of fused-ring (bicyclic) bond motifs is 1. The molecule has 2 aromatic carbocycles. The molecule has 2 aromatic rings. The molecule has 6 nitrogen and oxygen atoms in total. The van der Waals surface area contributed by atoms with Gasteiger partial charge < -0.3 is 24.2 Å². The summed E-state index contributed by atoms with van der Waals surface area (Å²) in [5, 5.41) is 11.2. The molecule has 1 aliphatic carbocycles. The number of hydrogen-bond acceptors (Lipinski definition) is 6. The molecule has 6 heteroatoms. The highest BCUT2D eigenvalue weighted by atomic mass is 16.5. The summed E-state index contributed by atoms with van der Waals surface area (Å²) in [4.78, 5) is 15.5. The third-order valence-corrected chi connectivity index (χ3v) is 6.80. The van der Waals surface area contributed by atoms with Crippen LogP contribution in [0.4, 0.5) is 0 Å². The molecular weight excluding hydrogens is 394 g/mol. The number of aryl methyl sites for hydroxylation is 1. The highest BCUT2D eigenvalue weighted by Crippen LogP contribution is 2.37. The van der Waals surface area contributed by atoms with Crippen molar-refractivity contribution in [3.63, 3.8) is 0 Å². The van der Waals surface area contributed by atoms with Crippen molar-refractivity contribution in [2.45, 2.75) is 31.3 Å². The van der Waals surface area contributed by atoms with Gasteiger partial charge in [-0.3, -0.25) is 4.79 Å². The van der Waals surface area contributed by atoms with Crippen LogP contribution in [0.1, 0.15) is 40.7 Å². The number of nitrogens with zero attached hydrogens (tertiary/aromatic N) is 1. The zero-order chi connectivity index (χ0) is 22.0. The second-order valence-corrected chi connectivity index (χ2v) is 8.52. The number of rotatable bonds is 6. The number of carbonyl (C=O) groups is 1. The normalized spacial score (nSPS) is 20.8. The first-order valence-corrected chi connectivity index (χ1v) is 10.9. The smallest absolute Gasteiger partial charge is 0.167 e. The summed E-state index contributed by atoms with van der Waals surface area (Å²) < 4.78 is 16.0. The van der Waals surface area contributed by atoms with Gasteiger partial charge in [-0.15, -0.1) is 0 Å². The molecule has 0 bridgehead atoms. The van der Waals surface area contributed by atoms with Crippen molar-refractivity contribution in [2.24, 2.45) is 5.92 Å². The Morgan fingerprint density at radius 3 is 2.26 bits per heavy atom. The summed E-state index contributed by atoms with van der Waals surface area (Å²) in [6, 6.07) is 11.4. The number of aliphatic hydroxyl groups is 1. The number of likely N-dealkylation sites (tertiary alicyclic amines) is 1. The maximum Gasteiger partial charge on any atom is 0.167 e. The Bertz CT molecular complexity index is 932. The summed E-state index contributed by atoms with van der Waals surface area (Å²) in [5.41, 5.74) is 1.89. The highest BCUT2D eigenvalue weighted by molar-refractivity contribution is 6.01. The molecule has 1 heterocycles. The fourth-order valence-electron chi connectivity index (χ4n) is 4.82. The number of hydrogen-bond donors (Lipinski definition) is 1. The number of Topliss-reactive ketones (excluding diaryl/α,β-unsaturated/α-hetero) is 1. The van der Waals surface area contributed by atoms with Gasteiger partial charge >= 0.3 is 0 Å². The molecule has 1 aliphatic heterocycles. The monoisotopic (exact) mass is 425 g/mol. The van der Waals surface area contributed by atoms with E-state index in [-0.39, 0.29) is 11.7 Å². The molecule has 166 valence electrons. The molecule has 0 radical (unpaired) electrons. The zero-order valence-corrected chi connectivity index (χ0v) is 18.5. The predicted octanol–water partition coefficient (Wildman–Crippen LogP) is 3.44. The van der Waals surface area contributed by atoms with Crippen LogP contribution < -0.4 is 14.2 Å². The molecule has 2 aliphatic rings. The van der Waals surface area contributed by atoms with Crippen LogP contribution in [0.2, 0.25) is 0 Å². The molecule has 0 saturated carbocycles. The van der Waals surface area contributed by atoms with Crippen LogP contribution in [0, 0.1) is 5.92 Å². The third kappa shape index (κ3) is 4.27. The van der Waals surface area contributed by atoms with Gasteiger partial charge in [0.15, 0.2) is 17.3 Å².